The lowest BCUT2D eigenvalue weighted by Crippen LogP contribution is -2.13. The summed E-state index contributed by atoms with van der Waals surface area (Å²) in [5.74, 6) is 0. The van der Waals surface area contributed by atoms with E-state index in [0.717, 1.165) is 4.47 Å². The topological polar surface area (TPSA) is 34.1 Å². The highest BCUT2D eigenvalue weighted by Gasteiger charge is 2.18. The highest BCUT2D eigenvalue weighted by Crippen LogP contribution is 2.19. The third-order valence-corrected chi connectivity index (χ3v) is 4.39. The first-order valence-corrected chi connectivity index (χ1v) is 6.28. The van der Waals surface area contributed by atoms with Crippen LogP contribution >= 0.6 is 15.9 Å². The maximum atomic E-state index is 11.7. The van der Waals surface area contributed by atoms with Gasteiger partial charge in [0.25, 0.3) is 0 Å². The van der Waals surface area contributed by atoms with Crippen molar-refractivity contribution in [1.29, 1.82) is 0 Å². The molecule has 0 unspecified atom stereocenters. The SMILES string of the molecule is CC(C)S(=O)(=O)c1cccc(Br)c1. The largest absolute Gasteiger partial charge is 0.223 e. The van der Waals surface area contributed by atoms with Crippen LogP contribution in [-0.4, -0.2) is 13.7 Å². The minimum Gasteiger partial charge on any atom is -0.223 e. The molecule has 0 spiro atoms. The molecule has 0 radical (unpaired) electrons. The zero-order valence-corrected chi connectivity index (χ0v) is 9.89. The van der Waals surface area contributed by atoms with E-state index in [1.165, 1.54) is 0 Å². The van der Waals surface area contributed by atoms with Crippen molar-refractivity contribution in [2.24, 2.45) is 0 Å². The minimum absolute atomic E-state index is 0.372. The van der Waals surface area contributed by atoms with Crippen LogP contribution in [0.25, 0.3) is 0 Å². The summed E-state index contributed by atoms with van der Waals surface area (Å²) in [6, 6.07) is 6.76. The van der Waals surface area contributed by atoms with E-state index < -0.39 is 9.84 Å². The van der Waals surface area contributed by atoms with E-state index in [-0.39, 0.29) is 5.25 Å². The zero-order valence-electron chi connectivity index (χ0n) is 7.49. The fourth-order valence-corrected chi connectivity index (χ4v) is 2.57. The average Bonchev–Trinajstić information content (AvgIpc) is 2.04. The van der Waals surface area contributed by atoms with Crippen molar-refractivity contribution in [3.63, 3.8) is 0 Å². The van der Waals surface area contributed by atoms with Gasteiger partial charge in [0, 0.05) is 4.47 Å². The number of hydrogen-bond donors (Lipinski definition) is 0. The van der Waals surface area contributed by atoms with Crippen molar-refractivity contribution >= 4 is 25.8 Å². The van der Waals surface area contributed by atoms with Gasteiger partial charge in [-0.05, 0) is 32.0 Å². The van der Waals surface area contributed by atoms with Crippen LogP contribution in [-0.2, 0) is 9.84 Å². The molecular weight excluding hydrogens is 252 g/mol. The van der Waals surface area contributed by atoms with Crippen molar-refractivity contribution in [2.45, 2.75) is 24.0 Å². The van der Waals surface area contributed by atoms with Gasteiger partial charge in [-0.25, -0.2) is 8.42 Å². The highest BCUT2D eigenvalue weighted by molar-refractivity contribution is 9.10. The Morgan fingerprint density at radius 2 is 1.92 bits per heavy atom. The van der Waals surface area contributed by atoms with Gasteiger partial charge < -0.3 is 0 Å². The molecule has 0 atom stereocenters. The van der Waals surface area contributed by atoms with Gasteiger partial charge in [0.15, 0.2) is 9.84 Å². The Kier molecular flexibility index (Phi) is 3.14. The van der Waals surface area contributed by atoms with Gasteiger partial charge in [-0.3, -0.25) is 0 Å². The van der Waals surface area contributed by atoms with Crippen molar-refractivity contribution in [3.05, 3.63) is 28.7 Å². The number of benzene rings is 1. The molecule has 0 aliphatic carbocycles. The molecule has 0 amide bonds. The summed E-state index contributed by atoms with van der Waals surface area (Å²) in [6.45, 7) is 3.35. The van der Waals surface area contributed by atoms with E-state index >= 15 is 0 Å². The Labute approximate surface area is 87.0 Å². The van der Waals surface area contributed by atoms with Gasteiger partial charge in [0.2, 0.25) is 0 Å². The Balaban J connectivity index is 3.24. The first-order chi connectivity index (χ1) is 5.94. The summed E-state index contributed by atoms with van der Waals surface area (Å²) in [7, 11) is -3.13. The molecule has 0 aliphatic rings. The minimum atomic E-state index is -3.13. The Morgan fingerprint density at radius 1 is 1.31 bits per heavy atom. The third kappa shape index (κ3) is 2.31. The number of halogens is 1. The van der Waals surface area contributed by atoms with Crippen LogP contribution in [0.3, 0.4) is 0 Å². The van der Waals surface area contributed by atoms with E-state index in [1.54, 1.807) is 38.1 Å². The van der Waals surface area contributed by atoms with Crippen LogP contribution in [0.15, 0.2) is 33.6 Å². The lowest BCUT2D eigenvalue weighted by Gasteiger charge is -2.07. The van der Waals surface area contributed by atoms with Crippen molar-refractivity contribution in [3.8, 4) is 0 Å². The summed E-state index contributed by atoms with van der Waals surface area (Å²) in [4.78, 5) is 0.372. The van der Waals surface area contributed by atoms with Crippen LogP contribution in [0, 0.1) is 0 Å². The molecule has 0 aliphatic heterocycles. The Bertz CT molecular complexity index is 396. The molecule has 0 bridgehead atoms. The van der Waals surface area contributed by atoms with E-state index in [4.69, 9.17) is 0 Å². The standard InChI is InChI=1S/C9H11BrO2S/c1-7(2)13(11,12)9-5-3-4-8(10)6-9/h3-7H,1-2H3. The summed E-state index contributed by atoms with van der Waals surface area (Å²) in [5.41, 5.74) is 0. The lowest BCUT2D eigenvalue weighted by molar-refractivity contribution is 0.587. The van der Waals surface area contributed by atoms with Gasteiger partial charge in [0.1, 0.15) is 0 Å². The fraction of sp³-hybridized carbons (Fsp3) is 0.333. The zero-order chi connectivity index (χ0) is 10.1. The fourth-order valence-electron chi connectivity index (χ4n) is 0.916. The first-order valence-electron chi connectivity index (χ1n) is 3.94. The van der Waals surface area contributed by atoms with Gasteiger partial charge in [-0.2, -0.15) is 0 Å². The van der Waals surface area contributed by atoms with E-state index in [2.05, 4.69) is 15.9 Å². The second-order valence-electron chi connectivity index (χ2n) is 3.05. The van der Waals surface area contributed by atoms with Crippen LogP contribution in [0.2, 0.25) is 0 Å². The van der Waals surface area contributed by atoms with E-state index in [1.807, 2.05) is 0 Å². The second-order valence-corrected chi connectivity index (χ2v) is 6.47. The average molecular weight is 263 g/mol. The molecule has 13 heavy (non-hydrogen) atoms. The molecule has 0 N–H and O–H groups in total. The Hall–Kier alpha value is -0.350. The molecule has 0 saturated heterocycles. The number of sulfone groups is 1. The van der Waals surface area contributed by atoms with Gasteiger partial charge >= 0.3 is 0 Å². The lowest BCUT2D eigenvalue weighted by atomic mass is 10.4. The second kappa shape index (κ2) is 3.80. The van der Waals surface area contributed by atoms with Gasteiger partial charge in [0.05, 0.1) is 10.1 Å². The summed E-state index contributed by atoms with van der Waals surface area (Å²) in [6.07, 6.45) is 0. The summed E-state index contributed by atoms with van der Waals surface area (Å²) in [5, 5.41) is -0.373. The third-order valence-electron chi connectivity index (χ3n) is 1.75. The maximum absolute atomic E-state index is 11.7. The van der Waals surface area contributed by atoms with Crippen LogP contribution in [0.4, 0.5) is 0 Å². The Morgan fingerprint density at radius 3 is 2.38 bits per heavy atom. The van der Waals surface area contributed by atoms with Gasteiger partial charge in [-0.1, -0.05) is 22.0 Å². The number of rotatable bonds is 2. The van der Waals surface area contributed by atoms with Crippen LogP contribution in [0.1, 0.15) is 13.8 Å². The monoisotopic (exact) mass is 262 g/mol. The molecule has 0 fully saturated rings. The van der Waals surface area contributed by atoms with Crippen molar-refractivity contribution in [2.75, 3.05) is 0 Å². The van der Waals surface area contributed by atoms with Crippen molar-refractivity contribution < 1.29 is 8.42 Å². The smallest absolute Gasteiger partial charge is 0.180 e. The molecule has 1 aromatic rings. The van der Waals surface area contributed by atoms with Gasteiger partial charge in [-0.15, -0.1) is 0 Å². The summed E-state index contributed by atoms with van der Waals surface area (Å²) < 4.78 is 24.1. The van der Waals surface area contributed by atoms with Crippen molar-refractivity contribution in [1.82, 2.24) is 0 Å². The molecule has 1 rings (SSSR count). The normalized spacial score (nSPS) is 12.0. The molecule has 0 saturated carbocycles. The highest BCUT2D eigenvalue weighted by atomic mass is 79.9. The van der Waals surface area contributed by atoms with E-state index in [9.17, 15) is 8.42 Å². The first kappa shape index (κ1) is 10.7. The molecule has 0 heterocycles. The van der Waals surface area contributed by atoms with Crippen LogP contribution < -0.4 is 0 Å². The van der Waals surface area contributed by atoms with Crippen LogP contribution in [0.5, 0.6) is 0 Å². The molecule has 4 heteroatoms. The predicted molar refractivity (Wildman–Crippen MR) is 56.5 cm³/mol. The molecule has 0 aromatic heterocycles. The number of hydrogen-bond acceptors (Lipinski definition) is 2. The molecule has 2 nitrogen and oxygen atoms in total. The summed E-state index contributed by atoms with van der Waals surface area (Å²) >= 11 is 3.24. The molecule has 1 aromatic carbocycles. The molecule has 72 valence electrons. The predicted octanol–water partition coefficient (Wildman–Crippen LogP) is 2.63. The van der Waals surface area contributed by atoms with E-state index in [0.29, 0.717) is 4.90 Å². The molecular formula is C9H11BrO2S. The quantitative estimate of drug-likeness (QED) is 0.822. The maximum Gasteiger partial charge on any atom is 0.180 e.